The van der Waals surface area contributed by atoms with E-state index in [-0.39, 0.29) is 0 Å². The van der Waals surface area contributed by atoms with Crippen LogP contribution in [0.25, 0.3) is 66.9 Å². The summed E-state index contributed by atoms with van der Waals surface area (Å²) in [5, 5.41) is 3.98. The highest BCUT2D eigenvalue weighted by atomic mass is 15.0. The third-order valence-electron chi connectivity index (χ3n) is 14.0. The lowest BCUT2D eigenvalue weighted by molar-refractivity contribution is 0.892. The van der Waals surface area contributed by atoms with Gasteiger partial charge in [0.15, 0.2) is 0 Å². The Morgan fingerprint density at radius 1 is 0.553 bits per heavy atom. The maximum atomic E-state index is 4.10. The van der Waals surface area contributed by atoms with Crippen molar-refractivity contribution in [3.05, 3.63) is 310 Å². The average molecular weight is 988 g/mol. The predicted octanol–water partition coefficient (Wildman–Crippen LogP) is 21.1. The third kappa shape index (κ3) is 12.0. The molecular weight excluding hydrogens is 915 g/mol. The van der Waals surface area contributed by atoms with Crippen LogP contribution in [0.15, 0.2) is 249 Å². The van der Waals surface area contributed by atoms with Crippen molar-refractivity contribution >= 4 is 50.0 Å². The van der Waals surface area contributed by atoms with E-state index in [1.165, 1.54) is 122 Å². The Bertz CT molecular complexity index is 3730. The second-order valence-corrected chi connectivity index (χ2v) is 19.5. The molecule has 0 aliphatic heterocycles. The summed E-state index contributed by atoms with van der Waals surface area (Å²) >= 11 is 0. The lowest BCUT2D eigenvalue weighted by Gasteiger charge is -2.15. The van der Waals surface area contributed by atoms with Crippen LogP contribution in [0.4, 0.5) is 0 Å². The molecule has 1 heterocycles. The highest BCUT2D eigenvalue weighted by Gasteiger charge is 2.29. The lowest BCUT2D eigenvalue weighted by Crippen LogP contribution is -2.03. The Labute approximate surface area is 454 Å². The number of fused-ring (bicyclic) bond motifs is 8. The zero-order valence-corrected chi connectivity index (χ0v) is 46.2. The van der Waals surface area contributed by atoms with E-state index in [1.54, 1.807) is 0 Å². The predicted molar refractivity (Wildman–Crippen MR) is 335 cm³/mol. The van der Waals surface area contributed by atoms with Crippen LogP contribution in [-0.2, 0) is 6.42 Å². The molecule has 0 N–H and O–H groups in total. The third-order valence-corrected chi connectivity index (χ3v) is 14.0. The number of benzene rings is 8. The molecule has 0 atom stereocenters. The molecule has 0 spiro atoms. The van der Waals surface area contributed by atoms with Crippen molar-refractivity contribution in [3.63, 3.8) is 0 Å². The molecule has 0 saturated carbocycles. The molecule has 1 nitrogen and oxygen atoms in total. The summed E-state index contributed by atoms with van der Waals surface area (Å²) in [6.45, 7) is 22.8. The van der Waals surface area contributed by atoms with Gasteiger partial charge >= 0.3 is 0 Å². The number of hydrogen-bond acceptors (Lipinski definition) is 0. The van der Waals surface area contributed by atoms with Crippen molar-refractivity contribution in [2.75, 3.05) is 0 Å². The highest BCUT2D eigenvalue weighted by Crippen LogP contribution is 2.51. The van der Waals surface area contributed by atoms with Crippen LogP contribution >= 0.6 is 0 Å². The van der Waals surface area contributed by atoms with Gasteiger partial charge in [-0.1, -0.05) is 261 Å². The fraction of sp³-hybridized carbons (Fsp3) is 0.147. The minimum absolute atomic E-state index is 1.07. The number of aryl methyl sites for hydroxylation is 4. The van der Waals surface area contributed by atoms with Crippen molar-refractivity contribution in [1.29, 1.82) is 0 Å². The molecule has 0 amide bonds. The summed E-state index contributed by atoms with van der Waals surface area (Å²) in [6, 6.07) is 65.1. The van der Waals surface area contributed by atoms with E-state index < -0.39 is 0 Å². The summed E-state index contributed by atoms with van der Waals surface area (Å²) in [6.07, 6.45) is 23.9. The number of rotatable bonds is 6. The van der Waals surface area contributed by atoms with E-state index in [9.17, 15) is 0 Å². The fourth-order valence-corrected chi connectivity index (χ4v) is 10.5. The fourth-order valence-electron chi connectivity index (χ4n) is 10.5. The number of aromatic nitrogens is 1. The molecular formula is C75H73N. The Morgan fingerprint density at radius 3 is 1.93 bits per heavy atom. The molecule has 0 radical (unpaired) electrons. The molecule has 3 aliphatic rings. The van der Waals surface area contributed by atoms with Crippen LogP contribution in [0.1, 0.15) is 102 Å². The van der Waals surface area contributed by atoms with E-state index in [2.05, 4.69) is 258 Å². The van der Waals surface area contributed by atoms with Gasteiger partial charge in [-0.2, -0.15) is 0 Å². The standard InChI is InChI=1S/C28H22.C23H19N.C15H18.C7H8.C2H6/c1-3-4-5-10-20-18-27(22-12-7-6-11-21(20)22)28-25-14-9-8-13-23(25)24-16-15-19(2)17-26(24)28;1-16-13-14-23-20(15-16)19-10-4-5-11-22(19)24(23)21-12-6-8-17-7-2-3-9-18(17)21;1-5-8-12(2)11-14(4)15-10-7-6-9-13(15)3;1-7-5-3-2-4-6-7;1-2/h3-18H,1-2H3;2-4,6-10,12-15H,5,11H2,1H3;5-11H,4H2,1-3H3;2-6H,1H3;1-2H3/b4-3-,10-5-,28-27-;;8-5-,12-11-;;. The number of nitrogens with zero attached hydrogens (tertiary/aromatic N) is 1. The van der Waals surface area contributed by atoms with E-state index in [0.717, 1.165) is 18.4 Å². The van der Waals surface area contributed by atoms with Gasteiger partial charge in [-0.25, -0.2) is 0 Å². The van der Waals surface area contributed by atoms with Gasteiger partial charge in [0.1, 0.15) is 0 Å². The van der Waals surface area contributed by atoms with Gasteiger partial charge in [-0.3, -0.25) is 0 Å². The van der Waals surface area contributed by atoms with Gasteiger partial charge in [-0.05, 0) is 158 Å². The molecule has 0 saturated heterocycles. The molecule has 1 aromatic heterocycles. The van der Waals surface area contributed by atoms with E-state index in [0.29, 0.717) is 0 Å². The van der Waals surface area contributed by atoms with E-state index >= 15 is 0 Å². The Hall–Kier alpha value is -8.52. The Kier molecular flexibility index (Phi) is 18.1. The van der Waals surface area contributed by atoms with Crippen LogP contribution in [0.2, 0.25) is 0 Å². The largest absolute Gasteiger partial charge is 0.312 e. The molecule has 3 aliphatic carbocycles. The first-order valence-corrected chi connectivity index (χ1v) is 27.1. The molecule has 76 heavy (non-hydrogen) atoms. The van der Waals surface area contributed by atoms with Crippen molar-refractivity contribution in [3.8, 4) is 16.8 Å². The van der Waals surface area contributed by atoms with Crippen LogP contribution in [0.5, 0.6) is 0 Å². The summed E-state index contributed by atoms with van der Waals surface area (Å²) in [7, 11) is 0. The quantitative estimate of drug-likeness (QED) is 0.146. The zero-order valence-electron chi connectivity index (χ0n) is 46.2. The lowest BCUT2D eigenvalue weighted by atomic mass is 9.93. The monoisotopic (exact) mass is 988 g/mol. The average Bonchev–Trinajstić information content (AvgIpc) is 4.10. The van der Waals surface area contributed by atoms with E-state index in [4.69, 9.17) is 0 Å². The summed E-state index contributed by atoms with van der Waals surface area (Å²) in [5.74, 6) is 0. The minimum Gasteiger partial charge on any atom is -0.312 e. The zero-order chi connectivity index (χ0) is 53.6. The molecule has 378 valence electrons. The SMILES string of the molecule is C=C(/C=C(C)\C=C/C)c1ccccc1C.CC.C\C=C/C=C\C1=C\C(=C2/c3ccccc3-c3ccc(C)cc32)c2ccccc21.Cc1ccc2c(c1)c1c(n2-c2cccc3ccccc23)CCC=C1.Cc1ccccc1. The molecule has 0 fully saturated rings. The minimum atomic E-state index is 1.07. The molecule has 1 heteroatoms. The number of hydrogen-bond donors (Lipinski definition) is 0. The molecule has 12 rings (SSSR count). The summed E-state index contributed by atoms with van der Waals surface area (Å²) < 4.78 is 2.48. The number of allylic oxidation sites excluding steroid dienone is 13. The van der Waals surface area contributed by atoms with E-state index in [1.807, 2.05) is 58.0 Å². The second kappa shape index (κ2) is 25.6. The normalized spacial score (nSPS) is 13.9. The van der Waals surface area contributed by atoms with Crippen LogP contribution < -0.4 is 0 Å². The van der Waals surface area contributed by atoms with Gasteiger partial charge in [0.05, 0.1) is 11.2 Å². The van der Waals surface area contributed by atoms with Crippen LogP contribution in [0.3, 0.4) is 0 Å². The highest BCUT2D eigenvalue weighted by molar-refractivity contribution is 6.17. The smallest absolute Gasteiger partial charge is 0.0538 e. The first-order chi connectivity index (χ1) is 37.1. The van der Waals surface area contributed by atoms with Crippen LogP contribution in [0, 0.1) is 27.7 Å². The van der Waals surface area contributed by atoms with Gasteiger partial charge in [0.2, 0.25) is 0 Å². The van der Waals surface area contributed by atoms with Gasteiger partial charge < -0.3 is 4.57 Å². The van der Waals surface area contributed by atoms with Crippen LogP contribution in [-0.4, -0.2) is 4.57 Å². The molecule has 0 bridgehead atoms. The first-order valence-electron chi connectivity index (χ1n) is 27.1. The van der Waals surface area contributed by atoms with Crippen molar-refractivity contribution in [1.82, 2.24) is 4.57 Å². The first kappa shape index (κ1) is 53.8. The molecule has 9 aromatic rings. The maximum absolute atomic E-state index is 4.10. The molecule has 8 aromatic carbocycles. The topological polar surface area (TPSA) is 4.93 Å². The van der Waals surface area contributed by atoms with Gasteiger partial charge in [0, 0.05) is 22.0 Å². The Morgan fingerprint density at radius 2 is 1.20 bits per heavy atom. The van der Waals surface area contributed by atoms with Crippen molar-refractivity contribution in [2.45, 2.75) is 75.2 Å². The van der Waals surface area contributed by atoms with Gasteiger partial charge in [-0.15, -0.1) is 0 Å². The molecule has 0 unspecified atom stereocenters. The maximum Gasteiger partial charge on any atom is 0.0538 e. The second-order valence-electron chi connectivity index (χ2n) is 19.5. The van der Waals surface area contributed by atoms with Gasteiger partial charge in [0.25, 0.3) is 0 Å². The summed E-state index contributed by atoms with van der Waals surface area (Å²) in [4.78, 5) is 0. The Balaban J connectivity index is 0.000000144. The van der Waals surface area contributed by atoms with Crippen molar-refractivity contribution < 1.29 is 0 Å². The van der Waals surface area contributed by atoms with Crippen molar-refractivity contribution in [2.24, 2.45) is 0 Å². The summed E-state index contributed by atoms with van der Waals surface area (Å²) in [5.41, 5.74) is 26.1.